The number of ketones is 1. The van der Waals surface area contributed by atoms with Crippen LogP contribution in [0.3, 0.4) is 0 Å². The number of hydrogen-bond acceptors (Lipinski definition) is 6. The highest BCUT2D eigenvalue weighted by molar-refractivity contribution is 9.10. The maximum absolute atomic E-state index is 13.1. The molecule has 0 aromatic heterocycles. The van der Waals surface area contributed by atoms with E-state index in [-0.39, 0.29) is 17.0 Å². The number of benzene rings is 2. The van der Waals surface area contributed by atoms with Crippen molar-refractivity contribution in [3.05, 3.63) is 62.1 Å². The third kappa shape index (κ3) is 3.82. The number of halogens is 1. The summed E-state index contributed by atoms with van der Waals surface area (Å²) >= 11 is 3.35. The van der Waals surface area contributed by atoms with Crippen LogP contribution in [0.4, 0.5) is 11.4 Å². The highest BCUT2D eigenvalue weighted by Gasteiger charge is 2.50. The van der Waals surface area contributed by atoms with Crippen molar-refractivity contribution >= 4 is 39.0 Å². The number of Topliss-reactive ketones (excluding diaryl/α,β-unsaturated/α-hetero) is 1. The third-order valence-corrected chi connectivity index (χ3v) is 5.64. The molecule has 2 aromatic carbocycles. The Labute approximate surface area is 181 Å². The number of amides is 1. The van der Waals surface area contributed by atoms with E-state index >= 15 is 0 Å². The Morgan fingerprint density at radius 1 is 1.30 bits per heavy atom. The van der Waals surface area contributed by atoms with Gasteiger partial charge in [0, 0.05) is 28.2 Å². The lowest BCUT2D eigenvalue weighted by Crippen LogP contribution is -2.42. The molecule has 2 aromatic rings. The molecule has 9 heteroatoms. The van der Waals surface area contributed by atoms with E-state index in [4.69, 9.17) is 4.74 Å². The Morgan fingerprint density at radius 2 is 2.03 bits per heavy atom. The minimum Gasteiger partial charge on any atom is -0.490 e. The molecule has 0 bridgehead atoms. The first-order chi connectivity index (χ1) is 14.2. The van der Waals surface area contributed by atoms with Gasteiger partial charge in [0.2, 0.25) is 0 Å². The molecule has 0 fully saturated rings. The van der Waals surface area contributed by atoms with E-state index in [1.165, 1.54) is 24.1 Å². The zero-order valence-electron chi connectivity index (χ0n) is 16.6. The quantitative estimate of drug-likeness (QED) is 0.350. The van der Waals surface area contributed by atoms with Crippen LogP contribution >= 0.6 is 15.9 Å². The zero-order valence-corrected chi connectivity index (χ0v) is 18.1. The Hall–Kier alpha value is -2.78. The van der Waals surface area contributed by atoms with Crippen LogP contribution in [0.5, 0.6) is 5.75 Å². The number of anilines is 1. The van der Waals surface area contributed by atoms with E-state index in [0.717, 1.165) is 18.9 Å². The maximum atomic E-state index is 13.1. The number of carbonyl (C=O) groups is 2. The first kappa shape index (κ1) is 21.9. The van der Waals surface area contributed by atoms with Crippen molar-refractivity contribution in [3.8, 4) is 5.75 Å². The molecule has 1 aliphatic rings. The van der Waals surface area contributed by atoms with Crippen LogP contribution in [0.1, 0.15) is 42.1 Å². The Balaban J connectivity index is 1.98. The molecule has 0 saturated heterocycles. The van der Waals surface area contributed by atoms with Crippen molar-refractivity contribution in [2.24, 2.45) is 0 Å². The average molecular weight is 477 g/mol. The monoisotopic (exact) mass is 476 g/mol. The molecule has 0 unspecified atom stereocenters. The van der Waals surface area contributed by atoms with Gasteiger partial charge in [-0.1, -0.05) is 29.3 Å². The second kappa shape index (κ2) is 8.53. The van der Waals surface area contributed by atoms with Crippen molar-refractivity contribution in [1.82, 2.24) is 0 Å². The first-order valence-electron chi connectivity index (χ1n) is 9.43. The topological polar surface area (TPSA) is 110 Å². The number of carbonyl (C=O) groups excluding carboxylic acids is 2. The van der Waals surface area contributed by atoms with Gasteiger partial charge in [-0.15, -0.1) is 0 Å². The number of hydrogen-bond donors (Lipinski definition) is 1. The van der Waals surface area contributed by atoms with E-state index in [2.05, 4.69) is 15.9 Å². The van der Waals surface area contributed by atoms with Gasteiger partial charge in [-0.3, -0.25) is 19.7 Å². The van der Waals surface area contributed by atoms with Crippen molar-refractivity contribution in [2.75, 3.05) is 18.6 Å². The first-order valence-corrected chi connectivity index (χ1v) is 10.2. The Kier molecular flexibility index (Phi) is 6.23. The zero-order chi connectivity index (χ0) is 22.1. The highest BCUT2D eigenvalue weighted by atomic mass is 79.9. The molecular weight excluding hydrogens is 456 g/mol. The number of nitro groups is 1. The van der Waals surface area contributed by atoms with Crippen LogP contribution in [-0.4, -0.2) is 35.4 Å². The van der Waals surface area contributed by atoms with Crippen molar-refractivity contribution in [2.45, 2.75) is 31.8 Å². The molecule has 1 aliphatic heterocycles. The summed E-state index contributed by atoms with van der Waals surface area (Å²) in [6.45, 7) is 2.42. The van der Waals surface area contributed by atoms with Crippen molar-refractivity contribution in [3.63, 3.8) is 0 Å². The predicted molar refractivity (Wildman–Crippen MR) is 114 cm³/mol. The molecule has 0 aliphatic carbocycles. The summed E-state index contributed by atoms with van der Waals surface area (Å²) in [6, 6.07) is 8.93. The predicted octanol–water partition coefficient (Wildman–Crippen LogP) is 3.97. The van der Waals surface area contributed by atoms with Gasteiger partial charge in [0.1, 0.15) is 0 Å². The number of ether oxygens (including phenoxy) is 1. The van der Waals surface area contributed by atoms with Crippen LogP contribution in [0.25, 0.3) is 0 Å². The van der Waals surface area contributed by atoms with Gasteiger partial charge < -0.3 is 14.7 Å². The molecule has 1 heterocycles. The van der Waals surface area contributed by atoms with Crippen LogP contribution in [0.15, 0.2) is 40.9 Å². The number of nitro benzene ring substituents is 1. The highest BCUT2D eigenvalue weighted by Crippen LogP contribution is 2.44. The van der Waals surface area contributed by atoms with E-state index in [1.807, 2.05) is 6.92 Å². The number of aliphatic hydroxyl groups is 1. The Morgan fingerprint density at radius 3 is 2.67 bits per heavy atom. The standard InChI is InChI=1S/C21H21BrN2O6/c1-3-4-9-23-16-7-6-14(22)11-15(16)21(27,20(23)26)12-18(25)13-5-8-19(30-2)17(10-13)24(28)29/h5-8,10-11,27H,3-4,9,12H2,1-2H3/t21-/m1/s1. The smallest absolute Gasteiger partial charge is 0.311 e. The van der Waals surface area contributed by atoms with Crippen LogP contribution in [-0.2, 0) is 10.4 Å². The average Bonchev–Trinajstić information content (AvgIpc) is 2.92. The molecule has 1 N–H and O–H groups in total. The SMILES string of the molecule is CCCCN1C(=O)[C@@](O)(CC(=O)c2ccc(OC)c([N+](=O)[O-])c2)c2cc(Br)ccc21. The molecule has 0 spiro atoms. The van der Waals surface area contributed by atoms with Gasteiger partial charge in [0.25, 0.3) is 5.91 Å². The number of nitrogens with zero attached hydrogens (tertiary/aromatic N) is 2. The largest absolute Gasteiger partial charge is 0.490 e. The summed E-state index contributed by atoms with van der Waals surface area (Å²) in [5.41, 5.74) is -1.48. The number of unbranched alkanes of at least 4 members (excludes halogenated alkanes) is 1. The van der Waals surface area contributed by atoms with Gasteiger partial charge >= 0.3 is 5.69 Å². The number of methoxy groups -OCH3 is 1. The summed E-state index contributed by atoms with van der Waals surface area (Å²) < 4.78 is 5.62. The van der Waals surface area contributed by atoms with Gasteiger partial charge in [0.15, 0.2) is 17.1 Å². The summed E-state index contributed by atoms with van der Waals surface area (Å²) in [5, 5.41) is 22.6. The lowest BCUT2D eigenvalue weighted by Gasteiger charge is -2.22. The second-order valence-electron chi connectivity index (χ2n) is 7.08. The molecule has 30 heavy (non-hydrogen) atoms. The lowest BCUT2D eigenvalue weighted by atomic mass is 9.88. The van der Waals surface area contributed by atoms with E-state index in [0.29, 0.717) is 22.3 Å². The van der Waals surface area contributed by atoms with E-state index in [9.17, 15) is 24.8 Å². The van der Waals surface area contributed by atoms with E-state index in [1.54, 1.807) is 18.2 Å². The summed E-state index contributed by atoms with van der Waals surface area (Å²) in [4.78, 5) is 38.2. The molecule has 0 radical (unpaired) electrons. The number of rotatable bonds is 8. The van der Waals surface area contributed by atoms with Gasteiger partial charge in [-0.2, -0.15) is 0 Å². The summed E-state index contributed by atoms with van der Waals surface area (Å²) in [5.74, 6) is -1.13. The molecule has 1 amide bonds. The second-order valence-corrected chi connectivity index (χ2v) is 7.99. The summed E-state index contributed by atoms with van der Waals surface area (Å²) in [7, 11) is 1.30. The van der Waals surface area contributed by atoms with Crippen LogP contribution in [0.2, 0.25) is 0 Å². The van der Waals surface area contributed by atoms with E-state index < -0.39 is 28.6 Å². The van der Waals surface area contributed by atoms with Crippen LogP contribution in [0, 0.1) is 10.1 Å². The van der Waals surface area contributed by atoms with Crippen LogP contribution < -0.4 is 9.64 Å². The fourth-order valence-electron chi connectivity index (χ4n) is 3.57. The van der Waals surface area contributed by atoms with Gasteiger partial charge in [-0.05, 0) is 36.8 Å². The normalized spacial score (nSPS) is 17.7. The van der Waals surface area contributed by atoms with Crippen molar-refractivity contribution < 1.29 is 24.4 Å². The molecular formula is C21H21BrN2O6. The third-order valence-electron chi connectivity index (χ3n) is 5.14. The Bertz CT molecular complexity index is 1020. The maximum Gasteiger partial charge on any atom is 0.311 e. The molecule has 1 atom stereocenters. The molecule has 8 nitrogen and oxygen atoms in total. The van der Waals surface area contributed by atoms with Gasteiger partial charge in [-0.25, -0.2) is 0 Å². The fourth-order valence-corrected chi connectivity index (χ4v) is 3.93. The molecule has 158 valence electrons. The minimum atomic E-state index is -2.04. The number of fused-ring (bicyclic) bond motifs is 1. The van der Waals surface area contributed by atoms with Gasteiger partial charge in [0.05, 0.1) is 24.1 Å². The fraction of sp³-hybridized carbons (Fsp3) is 0.333. The lowest BCUT2D eigenvalue weighted by molar-refractivity contribution is -0.385. The molecule has 0 saturated carbocycles. The minimum absolute atomic E-state index is 0.0206. The molecule has 3 rings (SSSR count). The summed E-state index contributed by atoms with van der Waals surface area (Å²) in [6.07, 6.45) is 1.08. The van der Waals surface area contributed by atoms with Crippen molar-refractivity contribution in [1.29, 1.82) is 0 Å².